The highest BCUT2D eigenvalue weighted by Crippen LogP contribution is 2.18. The van der Waals surface area contributed by atoms with Crippen molar-refractivity contribution in [2.75, 3.05) is 18.5 Å². The summed E-state index contributed by atoms with van der Waals surface area (Å²) in [6.45, 7) is 0.638. The normalized spacial score (nSPS) is 22.7. The topological polar surface area (TPSA) is 115 Å². The van der Waals surface area contributed by atoms with E-state index in [1.807, 2.05) is 0 Å². The SMILES string of the molecule is NC1(C(=O)Nc2ccc(C(=O)O)nc2)CCOC1. The van der Waals surface area contributed by atoms with Crippen molar-refractivity contribution in [3.8, 4) is 0 Å². The predicted molar refractivity (Wildman–Crippen MR) is 62.2 cm³/mol. The van der Waals surface area contributed by atoms with Crippen molar-refractivity contribution in [3.63, 3.8) is 0 Å². The number of carboxylic acid groups (broad SMARTS) is 1. The van der Waals surface area contributed by atoms with E-state index in [0.29, 0.717) is 18.7 Å². The minimum atomic E-state index is -1.12. The molecule has 1 aliphatic rings. The summed E-state index contributed by atoms with van der Waals surface area (Å²) in [5.41, 5.74) is 5.18. The number of rotatable bonds is 3. The summed E-state index contributed by atoms with van der Waals surface area (Å²) in [5, 5.41) is 11.3. The Balaban J connectivity index is 2.05. The Morgan fingerprint density at radius 3 is 2.78 bits per heavy atom. The molecule has 18 heavy (non-hydrogen) atoms. The van der Waals surface area contributed by atoms with Gasteiger partial charge in [0.15, 0.2) is 0 Å². The van der Waals surface area contributed by atoms with Crippen LogP contribution in [0.5, 0.6) is 0 Å². The first-order valence-electron chi connectivity index (χ1n) is 5.39. The van der Waals surface area contributed by atoms with Crippen molar-refractivity contribution in [1.29, 1.82) is 0 Å². The standard InChI is InChI=1S/C11H13N3O4/c12-11(3-4-18-6-11)10(17)14-7-1-2-8(9(15)16)13-5-7/h1-2,5H,3-4,6,12H2,(H,14,17)(H,15,16). The monoisotopic (exact) mass is 251 g/mol. The number of hydrogen-bond donors (Lipinski definition) is 3. The predicted octanol–water partition coefficient (Wildman–Crippen LogP) is -0.164. The van der Waals surface area contributed by atoms with E-state index in [1.165, 1.54) is 18.3 Å². The number of amides is 1. The third-order valence-corrected chi connectivity index (χ3v) is 2.74. The molecule has 0 spiro atoms. The Hall–Kier alpha value is -1.99. The van der Waals surface area contributed by atoms with E-state index in [1.54, 1.807) is 0 Å². The van der Waals surface area contributed by atoms with Gasteiger partial charge in [-0.2, -0.15) is 0 Å². The number of ether oxygens (including phenoxy) is 1. The van der Waals surface area contributed by atoms with Gasteiger partial charge in [0, 0.05) is 6.61 Å². The van der Waals surface area contributed by atoms with Gasteiger partial charge in [-0.1, -0.05) is 0 Å². The van der Waals surface area contributed by atoms with E-state index in [2.05, 4.69) is 10.3 Å². The first-order chi connectivity index (χ1) is 8.51. The van der Waals surface area contributed by atoms with Crippen LogP contribution in [-0.4, -0.2) is 40.7 Å². The van der Waals surface area contributed by atoms with Crippen molar-refractivity contribution >= 4 is 17.6 Å². The molecule has 1 fully saturated rings. The molecule has 1 aliphatic heterocycles. The number of pyridine rings is 1. The average molecular weight is 251 g/mol. The molecule has 0 radical (unpaired) electrons. The maximum absolute atomic E-state index is 11.9. The number of carbonyl (C=O) groups is 2. The molecule has 1 aromatic heterocycles. The molecule has 1 unspecified atom stereocenters. The molecule has 0 aromatic carbocycles. The van der Waals surface area contributed by atoms with E-state index < -0.39 is 11.5 Å². The third-order valence-electron chi connectivity index (χ3n) is 2.74. The second kappa shape index (κ2) is 4.71. The Labute approximate surface area is 103 Å². The molecular formula is C11H13N3O4. The van der Waals surface area contributed by atoms with E-state index in [0.717, 1.165) is 0 Å². The van der Waals surface area contributed by atoms with Crippen LogP contribution in [0, 0.1) is 0 Å². The minimum absolute atomic E-state index is 0.0836. The zero-order chi connectivity index (χ0) is 13.2. The lowest BCUT2D eigenvalue weighted by atomic mass is 9.99. The Morgan fingerprint density at radius 1 is 1.50 bits per heavy atom. The van der Waals surface area contributed by atoms with Crippen LogP contribution >= 0.6 is 0 Å². The van der Waals surface area contributed by atoms with Crippen molar-refractivity contribution in [2.45, 2.75) is 12.0 Å². The van der Waals surface area contributed by atoms with Crippen molar-refractivity contribution in [3.05, 3.63) is 24.0 Å². The first kappa shape index (κ1) is 12.5. The number of nitrogens with one attached hydrogen (secondary N) is 1. The van der Waals surface area contributed by atoms with Crippen molar-refractivity contribution in [1.82, 2.24) is 4.98 Å². The number of anilines is 1. The number of carbonyl (C=O) groups excluding carboxylic acids is 1. The van der Waals surface area contributed by atoms with Crippen molar-refractivity contribution in [2.24, 2.45) is 5.73 Å². The zero-order valence-electron chi connectivity index (χ0n) is 9.55. The molecule has 0 aliphatic carbocycles. The number of aromatic nitrogens is 1. The quantitative estimate of drug-likeness (QED) is 0.687. The molecule has 1 aromatic rings. The van der Waals surface area contributed by atoms with Gasteiger partial charge in [-0.25, -0.2) is 9.78 Å². The highest BCUT2D eigenvalue weighted by molar-refractivity contribution is 5.98. The van der Waals surface area contributed by atoms with Gasteiger partial charge < -0.3 is 20.9 Å². The van der Waals surface area contributed by atoms with Crippen LogP contribution in [0.2, 0.25) is 0 Å². The van der Waals surface area contributed by atoms with E-state index >= 15 is 0 Å². The Morgan fingerprint density at radius 2 is 2.28 bits per heavy atom. The lowest BCUT2D eigenvalue weighted by molar-refractivity contribution is -0.121. The zero-order valence-corrected chi connectivity index (χ0v) is 9.55. The molecule has 4 N–H and O–H groups in total. The molecule has 2 heterocycles. The van der Waals surface area contributed by atoms with Crippen LogP contribution in [0.1, 0.15) is 16.9 Å². The van der Waals surface area contributed by atoms with Crippen molar-refractivity contribution < 1.29 is 19.4 Å². The van der Waals surface area contributed by atoms with Gasteiger partial charge in [0.25, 0.3) is 0 Å². The molecule has 7 nitrogen and oxygen atoms in total. The van der Waals surface area contributed by atoms with Crippen LogP contribution in [0.3, 0.4) is 0 Å². The smallest absolute Gasteiger partial charge is 0.354 e. The fourth-order valence-corrected chi connectivity index (χ4v) is 1.61. The molecular weight excluding hydrogens is 238 g/mol. The van der Waals surface area contributed by atoms with Gasteiger partial charge in [0.2, 0.25) is 5.91 Å². The van der Waals surface area contributed by atoms with E-state index in [-0.39, 0.29) is 18.2 Å². The molecule has 7 heteroatoms. The summed E-state index contributed by atoms with van der Waals surface area (Å²) in [6.07, 6.45) is 1.74. The fourth-order valence-electron chi connectivity index (χ4n) is 1.61. The number of nitrogens with two attached hydrogens (primary N) is 1. The summed E-state index contributed by atoms with van der Waals surface area (Å²) in [5.74, 6) is -1.47. The van der Waals surface area contributed by atoms with Gasteiger partial charge >= 0.3 is 5.97 Å². The lowest BCUT2D eigenvalue weighted by Gasteiger charge is -2.20. The summed E-state index contributed by atoms with van der Waals surface area (Å²) < 4.78 is 5.09. The number of aromatic carboxylic acids is 1. The Bertz CT molecular complexity index is 466. The van der Waals surface area contributed by atoms with E-state index in [9.17, 15) is 9.59 Å². The van der Waals surface area contributed by atoms with Gasteiger partial charge in [0.1, 0.15) is 11.2 Å². The van der Waals surface area contributed by atoms with Gasteiger partial charge in [-0.05, 0) is 18.6 Å². The maximum Gasteiger partial charge on any atom is 0.354 e. The molecule has 0 bridgehead atoms. The maximum atomic E-state index is 11.9. The Kier molecular flexibility index (Phi) is 3.26. The highest BCUT2D eigenvalue weighted by Gasteiger charge is 2.38. The number of carboxylic acids is 1. The average Bonchev–Trinajstić information content (AvgIpc) is 2.78. The molecule has 1 atom stereocenters. The molecule has 96 valence electrons. The largest absolute Gasteiger partial charge is 0.477 e. The van der Waals surface area contributed by atoms with E-state index in [4.69, 9.17) is 15.6 Å². The second-order valence-corrected chi connectivity index (χ2v) is 4.15. The summed E-state index contributed by atoms with van der Waals surface area (Å²) in [7, 11) is 0. The van der Waals surface area contributed by atoms with Crippen LogP contribution < -0.4 is 11.1 Å². The molecule has 1 amide bonds. The first-order valence-corrected chi connectivity index (χ1v) is 5.39. The van der Waals surface area contributed by atoms with Crippen LogP contribution in [-0.2, 0) is 9.53 Å². The summed E-state index contributed by atoms with van der Waals surface area (Å²) >= 11 is 0. The fraction of sp³-hybridized carbons (Fsp3) is 0.364. The number of hydrogen-bond acceptors (Lipinski definition) is 5. The van der Waals surface area contributed by atoms with Crippen LogP contribution in [0.4, 0.5) is 5.69 Å². The number of nitrogens with zero attached hydrogens (tertiary/aromatic N) is 1. The second-order valence-electron chi connectivity index (χ2n) is 4.15. The van der Waals surface area contributed by atoms with Gasteiger partial charge in [-0.3, -0.25) is 4.79 Å². The highest BCUT2D eigenvalue weighted by atomic mass is 16.5. The summed E-state index contributed by atoms with van der Waals surface area (Å²) in [6, 6.07) is 2.78. The minimum Gasteiger partial charge on any atom is -0.477 e. The summed E-state index contributed by atoms with van der Waals surface area (Å²) in [4.78, 5) is 26.2. The molecule has 2 rings (SSSR count). The van der Waals surface area contributed by atoms with Crippen LogP contribution in [0.25, 0.3) is 0 Å². The van der Waals surface area contributed by atoms with Gasteiger partial charge in [-0.15, -0.1) is 0 Å². The van der Waals surface area contributed by atoms with Crippen LogP contribution in [0.15, 0.2) is 18.3 Å². The van der Waals surface area contributed by atoms with Gasteiger partial charge in [0.05, 0.1) is 18.5 Å². The molecule has 1 saturated heterocycles. The molecule has 0 saturated carbocycles. The lowest BCUT2D eigenvalue weighted by Crippen LogP contribution is -2.51. The third kappa shape index (κ3) is 2.47.